The Bertz CT molecular complexity index is 232. The summed E-state index contributed by atoms with van der Waals surface area (Å²) in [5.41, 5.74) is 6.05. The Morgan fingerprint density at radius 1 is 1.47 bits per heavy atom. The van der Waals surface area contributed by atoms with Crippen LogP contribution in [0.25, 0.3) is 0 Å². The summed E-state index contributed by atoms with van der Waals surface area (Å²) in [5.74, 6) is 0.443. The van der Waals surface area contributed by atoms with Crippen LogP contribution in [-0.2, 0) is 4.74 Å². The van der Waals surface area contributed by atoms with Gasteiger partial charge in [0, 0.05) is 26.2 Å². The van der Waals surface area contributed by atoms with Crippen molar-refractivity contribution in [3.63, 3.8) is 0 Å². The van der Waals surface area contributed by atoms with Crippen LogP contribution >= 0.6 is 12.2 Å². The SMILES string of the molecule is CCC(C)[C@H](N)C(=S)NCCN1CCOCC1. The third kappa shape index (κ3) is 5.29. The molecule has 1 fully saturated rings. The van der Waals surface area contributed by atoms with E-state index in [0.29, 0.717) is 5.92 Å². The molecule has 0 amide bonds. The minimum absolute atomic E-state index is 0.0142. The van der Waals surface area contributed by atoms with Crippen LogP contribution in [0.4, 0.5) is 0 Å². The van der Waals surface area contributed by atoms with E-state index in [4.69, 9.17) is 22.7 Å². The highest BCUT2D eigenvalue weighted by atomic mass is 32.1. The highest BCUT2D eigenvalue weighted by Crippen LogP contribution is 2.06. The molecule has 1 unspecified atom stereocenters. The lowest BCUT2D eigenvalue weighted by atomic mass is 10.00. The molecule has 0 aromatic heterocycles. The Morgan fingerprint density at radius 3 is 2.71 bits per heavy atom. The van der Waals surface area contributed by atoms with Crippen molar-refractivity contribution in [1.82, 2.24) is 10.2 Å². The van der Waals surface area contributed by atoms with E-state index in [1.165, 1.54) is 0 Å². The van der Waals surface area contributed by atoms with E-state index < -0.39 is 0 Å². The van der Waals surface area contributed by atoms with Gasteiger partial charge in [-0.25, -0.2) is 0 Å². The van der Waals surface area contributed by atoms with Crippen LogP contribution in [0.5, 0.6) is 0 Å². The summed E-state index contributed by atoms with van der Waals surface area (Å²) in [6, 6.07) is -0.0142. The predicted molar refractivity (Wildman–Crippen MR) is 75.3 cm³/mol. The summed E-state index contributed by atoms with van der Waals surface area (Å²) in [6.45, 7) is 9.90. The Kier molecular flexibility index (Phi) is 6.96. The average Bonchev–Trinajstić information content (AvgIpc) is 2.38. The minimum atomic E-state index is -0.0142. The molecule has 1 aliphatic heterocycles. The molecule has 5 heteroatoms. The summed E-state index contributed by atoms with van der Waals surface area (Å²) in [7, 11) is 0. The van der Waals surface area contributed by atoms with Crippen molar-refractivity contribution in [3.05, 3.63) is 0 Å². The standard InChI is InChI=1S/C12H25N3OS/c1-3-10(2)11(13)12(17)14-4-5-15-6-8-16-9-7-15/h10-11H,3-9,13H2,1-2H3,(H,14,17)/t10?,11-/m0/s1. The first-order valence-electron chi connectivity index (χ1n) is 6.48. The van der Waals surface area contributed by atoms with Crippen LogP contribution in [0.15, 0.2) is 0 Å². The number of hydrogen-bond donors (Lipinski definition) is 2. The smallest absolute Gasteiger partial charge is 0.0926 e. The van der Waals surface area contributed by atoms with Gasteiger partial charge in [-0.05, 0) is 5.92 Å². The van der Waals surface area contributed by atoms with Gasteiger partial charge < -0.3 is 15.8 Å². The first-order chi connectivity index (χ1) is 8.15. The maximum absolute atomic E-state index is 6.05. The lowest BCUT2D eigenvalue weighted by Gasteiger charge is -2.27. The first-order valence-corrected chi connectivity index (χ1v) is 6.89. The van der Waals surface area contributed by atoms with Gasteiger partial charge in [-0.3, -0.25) is 4.90 Å². The van der Waals surface area contributed by atoms with E-state index in [9.17, 15) is 0 Å². The zero-order valence-corrected chi connectivity index (χ0v) is 11.8. The number of ether oxygens (including phenoxy) is 1. The number of thiocarbonyl (C=S) groups is 1. The fourth-order valence-corrected chi connectivity index (χ4v) is 2.13. The van der Waals surface area contributed by atoms with E-state index in [2.05, 4.69) is 24.1 Å². The summed E-state index contributed by atoms with van der Waals surface area (Å²) in [4.78, 5) is 3.18. The molecule has 0 saturated carbocycles. The molecule has 2 atom stereocenters. The second kappa shape index (κ2) is 7.97. The maximum Gasteiger partial charge on any atom is 0.0926 e. The first kappa shape index (κ1) is 14.8. The molecule has 1 rings (SSSR count). The van der Waals surface area contributed by atoms with E-state index in [1.807, 2.05) is 0 Å². The Labute approximate surface area is 110 Å². The third-order valence-corrected chi connectivity index (χ3v) is 3.81. The summed E-state index contributed by atoms with van der Waals surface area (Å²) < 4.78 is 5.30. The summed E-state index contributed by atoms with van der Waals surface area (Å²) in [5, 5.41) is 3.27. The molecule has 1 heterocycles. The largest absolute Gasteiger partial charge is 0.379 e. The molecule has 1 aliphatic rings. The molecule has 100 valence electrons. The van der Waals surface area contributed by atoms with Crippen LogP contribution < -0.4 is 11.1 Å². The van der Waals surface area contributed by atoms with Crippen LogP contribution in [0.1, 0.15) is 20.3 Å². The predicted octanol–water partition coefficient (Wildman–Crippen LogP) is 0.609. The van der Waals surface area contributed by atoms with Crippen LogP contribution in [-0.4, -0.2) is 55.3 Å². The topological polar surface area (TPSA) is 50.5 Å². The van der Waals surface area contributed by atoms with Crippen molar-refractivity contribution < 1.29 is 4.74 Å². The van der Waals surface area contributed by atoms with Gasteiger partial charge >= 0.3 is 0 Å². The molecule has 1 saturated heterocycles. The molecule has 0 spiro atoms. The van der Waals surface area contributed by atoms with Crippen LogP contribution in [0.3, 0.4) is 0 Å². The lowest BCUT2D eigenvalue weighted by molar-refractivity contribution is 0.0389. The van der Waals surface area contributed by atoms with Gasteiger partial charge in [0.1, 0.15) is 0 Å². The van der Waals surface area contributed by atoms with Crippen molar-refractivity contribution in [2.45, 2.75) is 26.3 Å². The second-order valence-corrected chi connectivity index (χ2v) is 5.10. The van der Waals surface area contributed by atoms with Gasteiger partial charge in [0.25, 0.3) is 0 Å². The maximum atomic E-state index is 6.05. The number of morpholine rings is 1. The molecular formula is C12H25N3OS. The fraction of sp³-hybridized carbons (Fsp3) is 0.917. The van der Waals surface area contributed by atoms with Crippen LogP contribution in [0, 0.1) is 5.92 Å². The van der Waals surface area contributed by atoms with Crippen molar-refractivity contribution in [2.24, 2.45) is 11.7 Å². The molecule has 17 heavy (non-hydrogen) atoms. The number of rotatable bonds is 6. The Morgan fingerprint density at radius 2 is 2.12 bits per heavy atom. The van der Waals surface area contributed by atoms with Crippen molar-refractivity contribution in [3.8, 4) is 0 Å². The van der Waals surface area contributed by atoms with Gasteiger partial charge in [-0.1, -0.05) is 32.5 Å². The van der Waals surface area contributed by atoms with Crippen molar-refractivity contribution in [2.75, 3.05) is 39.4 Å². The van der Waals surface area contributed by atoms with Gasteiger partial charge in [0.15, 0.2) is 0 Å². The molecule has 0 aromatic rings. The number of nitrogens with two attached hydrogens (primary N) is 1. The molecule has 4 nitrogen and oxygen atoms in total. The highest BCUT2D eigenvalue weighted by molar-refractivity contribution is 7.80. The zero-order chi connectivity index (χ0) is 12.7. The molecule has 0 radical (unpaired) electrons. The van der Waals surface area contributed by atoms with E-state index in [-0.39, 0.29) is 6.04 Å². The molecular weight excluding hydrogens is 234 g/mol. The normalized spacial score (nSPS) is 20.9. The van der Waals surface area contributed by atoms with E-state index in [0.717, 1.165) is 50.8 Å². The average molecular weight is 259 g/mol. The zero-order valence-electron chi connectivity index (χ0n) is 10.9. The summed E-state index contributed by atoms with van der Waals surface area (Å²) in [6.07, 6.45) is 1.06. The van der Waals surface area contributed by atoms with Crippen molar-refractivity contribution >= 4 is 17.2 Å². The lowest BCUT2D eigenvalue weighted by Crippen LogP contribution is -2.46. The third-order valence-electron chi connectivity index (χ3n) is 3.39. The number of nitrogens with one attached hydrogen (secondary N) is 1. The van der Waals surface area contributed by atoms with E-state index in [1.54, 1.807) is 0 Å². The minimum Gasteiger partial charge on any atom is -0.379 e. The molecule has 0 bridgehead atoms. The van der Waals surface area contributed by atoms with E-state index >= 15 is 0 Å². The Balaban J connectivity index is 2.14. The van der Waals surface area contributed by atoms with Gasteiger partial charge in [0.2, 0.25) is 0 Å². The molecule has 3 N–H and O–H groups in total. The monoisotopic (exact) mass is 259 g/mol. The van der Waals surface area contributed by atoms with Crippen molar-refractivity contribution in [1.29, 1.82) is 0 Å². The number of hydrogen-bond acceptors (Lipinski definition) is 4. The summed E-state index contributed by atoms with van der Waals surface area (Å²) >= 11 is 5.31. The van der Waals surface area contributed by atoms with Gasteiger partial charge in [-0.15, -0.1) is 0 Å². The van der Waals surface area contributed by atoms with Gasteiger partial charge in [-0.2, -0.15) is 0 Å². The molecule has 0 aromatic carbocycles. The van der Waals surface area contributed by atoms with Crippen LogP contribution in [0.2, 0.25) is 0 Å². The quantitative estimate of drug-likeness (QED) is 0.685. The molecule has 0 aliphatic carbocycles. The highest BCUT2D eigenvalue weighted by Gasteiger charge is 2.16. The van der Waals surface area contributed by atoms with Gasteiger partial charge in [0.05, 0.1) is 24.2 Å². The Hall–Kier alpha value is -0.230. The fourth-order valence-electron chi connectivity index (χ4n) is 1.79. The number of nitrogens with zero attached hydrogens (tertiary/aromatic N) is 1. The second-order valence-electron chi connectivity index (χ2n) is 4.66.